The molecule has 0 rings (SSSR count). The lowest BCUT2D eigenvalue weighted by Crippen LogP contribution is -1.93. The molecule has 2 nitrogen and oxygen atoms in total. The van der Waals surface area contributed by atoms with Crippen LogP contribution in [0.2, 0.25) is 0 Å². The highest BCUT2D eigenvalue weighted by atomic mass is 35.5. The lowest BCUT2D eigenvalue weighted by atomic mass is 10.1. The maximum absolute atomic E-state index is 8.12. The van der Waals surface area contributed by atoms with E-state index < -0.39 is 0 Å². The monoisotopic (exact) mass is 234 g/mol. The van der Waals surface area contributed by atoms with Crippen molar-refractivity contribution in [2.75, 3.05) is 5.88 Å². The molecule has 4 heteroatoms. The lowest BCUT2D eigenvalue weighted by molar-refractivity contribution is 0.604. The van der Waals surface area contributed by atoms with E-state index in [1.54, 1.807) is 6.92 Å². The minimum Gasteiger partial charge on any atom is -0.198 e. The summed E-state index contributed by atoms with van der Waals surface area (Å²) in [5, 5.41) is 16.0. The first-order chi connectivity index (χ1) is 6.58. The Bertz CT molecular complexity index is 191. The van der Waals surface area contributed by atoms with Crippen LogP contribution in [0, 0.1) is 28.6 Å². The van der Waals surface area contributed by atoms with Gasteiger partial charge in [0.15, 0.2) is 0 Å². The Kier molecular flexibility index (Phi) is 14.4. The Hall–Kier alpha value is -0.440. The summed E-state index contributed by atoms with van der Waals surface area (Å²) in [5.74, 6) is 1.16. The molecular formula is C10H16Cl2N2. The van der Waals surface area contributed by atoms with Crippen molar-refractivity contribution in [3.63, 3.8) is 0 Å². The van der Waals surface area contributed by atoms with E-state index in [-0.39, 0.29) is 5.38 Å². The van der Waals surface area contributed by atoms with Crippen molar-refractivity contribution in [3.8, 4) is 12.1 Å². The third-order valence-corrected chi connectivity index (χ3v) is 2.07. The number of nitriles is 2. The second-order valence-electron chi connectivity index (χ2n) is 3.10. The van der Waals surface area contributed by atoms with E-state index in [0.29, 0.717) is 24.6 Å². The van der Waals surface area contributed by atoms with E-state index in [9.17, 15) is 0 Å². The average Bonchev–Trinajstić information content (AvgIpc) is 2.15. The second-order valence-corrected chi connectivity index (χ2v) is 4.15. The molecule has 0 saturated heterocycles. The first-order valence-electron chi connectivity index (χ1n) is 4.52. The Morgan fingerprint density at radius 2 is 1.79 bits per heavy atom. The van der Waals surface area contributed by atoms with E-state index in [2.05, 4.69) is 6.07 Å². The molecule has 2 atom stereocenters. The fraction of sp³-hybridized carbons (Fsp3) is 0.800. The fourth-order valence-corrected chi connectivity index (χ4v) is 0.737. The maximum atomic E-state index is 8.12. The van der Waals surface area contributed by atoms with E-state index in [4.69, 9.17) is 33.7 Å². The highest BCUT2D eigenvalue weighted by Gasteiger charge is 1.96. The molecule has 0 heterocycles. The lowest BCUT2D eigenvalue weighted by Gasteiger charge is -1.99. The van der Waals surface area contributed by atoms with Crippen molar-refractivity contribution in [2.24, 2.45) is 5.92 Å². The SMILES string of the molecule is CC(CCl)CCC#N.CC(Cl)CC#N. The van der Waals surface area contributed by atoms with Crippen LogP contribution in [0.1, 0.15) is 33.1 Å². The van der Waals surface area contributed by atoms with Crippen LogP contribution in [0.4, 0.5) is 0 Å². The summed E-state index contributed by atoms with van der Waals surface area (Å²) in [5.41, 5.74) is 0. The molecule has 0 fully saturated rings. The summed E-state index contributed by atoms with van der Waals surface area (Å²) in [6, 6.07) is 4.01. The van der Waals surface area contributed by atoms with Gasteiger partial charge in [-0.2, -0.15) is 10.5 Å². The van der Waals surface area contributed by atoms with Crippen LogP contribution >= 0.6 is 23.2 Å². The van der Waals surface area contributed by atoms with Crippen molar-refractivity contribution in [1.29, 1.82) is 10.5 Å². The molecule has 0 aliphatic carbocycles. The standard InChI is InChI=1S/C6H10ClN.C4H6ClN/c1-6(5-7)3-2-4-8;1-4(5)2-3-6/h6H,2-3,5H2,1H3;4H,2H2,1H3. The van der Waals surface area contributed by atoms with Crippen LogP contribution in [-0.2, 0) is 0 Å². The molecule has 0 bridgehead atoms. The van der Waals surface area contributed by atoms with Gasteiger partial charge in [-0.05, 0) is 19.3 Å². The summed E-state index contributed by atoms with van der Waals surface area (Å²) in [6.07, 6.45) is 2.01. The zero-order valence-electron chi connectivity index (χ0n) is 8.63. The molecule has 2 unspecified atom stereocenters. The molecule has 0 aromatic heterocycles. The van der Waals surface area contributed by atoms with Gasteiger partial charge in [0.2, 0.25) is 0 Å². The summed E-state index contributed by atoms with van der Waals surface area (Å²) in [4.78, 5) is 0. The molecular weight excluding hydrogens is 219 g/mol. The van der Waals surface area contributed by atoms with Crippen LogP contribution in [0.3, 0.4) is 0 Å². The third-order valence-electron chi connectivity index (χ3n) is 1.38. The predicted octanol–water partition coefficient (Wildman–Crippen LogP) is 3.69. The zero-order chi connectivity index (χ0) is 11.4. The van der Waals surface area contributed by atoms with Crippen molar-refractivity contribution in [2.45, 2.75) is 38.5 Å². The summed E-state index contributed by atoms with van der Waals surface area (Å²) < 4.78 is 0. The Labute approximate surface area is 96.4 Å². The largest absolute Gasteiger partial charge is 0.198 e. The van der Waals surface area contributed by atoms with E-state index >= 15 is 0 Å². The zero-order valence-corrected chi connectivity index (χ0v) is 10.1. The molecule has 0 saturated carbocycles. The van der Waals surface area contributed by atoms with Gasteiger partial charge in [-0.3, -0.25) is 0 Å². The van der Waals surface area contributed by atoms with Gasteiger partial charge in [0, 0.05) is 17.7 Å². The van der Waals surface area contributed by atoms with Crippen LogP contribution in [0.5, 0.6) is 0 Å². The molecule has 80 valence electrons. The molecule has 0 amide bonds. The van der Waals surface area contributed by atoms with Gasteiger partial charge in [0.05, 0.1) is 18.6 Å². The minimum absolute atomic E-state index is 0.00926. The first-order valence-corrected chi connectivity index (χ1v) is 5.49. The van der Waals surface area contributed by atoms with Crippen LogP contribution in [-0.4, -0.2) is 11.3 Å². The molecule has 0 aliphatic rings. The van der Waals surface area contributed by atoms with Gasteiger partial charge in [-0.25, -0.2) is 0 Å². The van der Waals surface area contributed by atoms with Gasteiger partial charge in [0.25, 0.3) is 0 Å². The van der Waals surface area contributed by atoms with Gasteiger partial charge >= 0.3 is 0 Å². The number of hydrogen-bond acceptors (Lipinski definition) is 2. The molecule has 0 aromatic carbocycles. The molecule has 0 spiro atoms. The van der Waals surface area contributed by atoms with E-state index in [0.717, 1.165) is 6.42 Å². The molecule has 0 N–H and O–H groups in total. The van der Waals surface area contributed by atoms with Crippen molar-refractivity contribution in [1.82, 2.24) is 0 Å². The number of hydrogen-bond donors (Lipinski definition) is 0. The number of nitrogens with zero attached hydrogens (tertiary/aromatic N) is 2. The highest BCUT2D eigenvalue weighted by molar-refractivity contribution is 6.20. The predicted molar refractivity (Wildman–Crippen MR) is 60.3 cm³/mol. The Morgan fingerprint density at radius 1 is 1.21 bits per heavy atom. The van der Waals surface area contributed by atoms with E-state index in [1.807, 2.05) is 13.0 Å². The summed E-state index contributed by atoms with van der Waals surface area (Å²) in [7, 11) is 0. The first kappa shape index (κ1) is 16.0. The number of rotatable bonds is 4. The van der Waals surface area contributed by atoms with Gasteiger partial charge < -0.3 is 0 Å². The number of alkyl halides is 2. The van der Waals surface area contributed by atoms with Crippen molar-refractivity contribution < 1.29 is 0 Å². The normalized spacial score (nSPS) is 12.7. The fourth-order valence-electron chi connectivity index (χ4n) is 0.514. The van der Waals surface area contributed by atoms with Crippen LogP contribution in [0.25, 0.3) is 0 Å². The smallest absolute Gasteiger partial charge is 0.0637 e. The van der Waals surface area contributed by atoms with Gasteiger partial charge in [-0.15, -0.1) is 23.2 Å². The van der Waals surface area contributed by atoms with E-state index in [1.165, 1.54) is 0 Å². The van der Waals surface area contributed by atoms with Gasteiger partial charge in [-0.1, -0.05) is 6.92 Å². The molecule has 0 radical (unpaired) electrons. The van der Waals surface area contributed by atoms with Crippen molar-refractivity contribution >= 4 is 23.2 Å². The molecule has 0 aliphatic heterocycles. The molecule has 14 heavy (non-hydrogen) atoms. The number of halogens is 2. The topological polar surface area (TPSA) is 47.6 Å². The Morgan fingerprint density at radius 3 is 2.00 bits per heavy atom. The summed E-state index contributed by atoms with van der Waals surface area (Å²) in [6.45, 7) is 3.84. The van der Waals surface area contributed by atoms with Gasteiger partial charge in [0.1, 0.15) is 0 Å². The van der Waals surface area contributed by atoms with Crippen LogP contribution < -0.4 is 0 Å². The molecule has 0 aromatic rings. The van der Waals surface area contributed by atoms with Crippen molar-refractivity contribution in [3.05, 3.63) is 0 Å². The third kappa shape index (κ3) is 17.6. The average molecular weight is 235 g/mol. The summed E-state index contributed by atoms with van der Waals surface area (Å²) >= 11 is 10.8. The van der Waals surface area contributed by atoms with Crippen LogP contribution in [0.15, 0.2) is 0 Å². The Balaban J connectivity index is 0. The second kappa shape index (κ2) is 12.6. The highest BCUT2D eigenvalue weighted by Crippen LogP contribution is 2.05. The quantitative estimate of drug-likeness (QED) is 0.697. The minimum atomic E-state index is 0.00926. The maximum Gasteiger partial charge on any atom is 0.0637 e.